The van der Waals surface area contributed by atoms with Crippen LogP contribution in [0.3, 0.4) is 0 Å². The normalized spacial score (nSPS) is 12.8. The smallest absolute Gasteiger partial charge is 0.338 e. The highest BCUT2D eigenvalue weighted by Crippen LogP contribution is 2.26. The van der Waals surface area contributed by atoms with Gasteiger partial charge in [0.2, 0.25) is 0 Å². The quantitative estimate of drug-likeness (QED) is 0.430. The molecule has 0 aliphatic carbocycles. The molecule has 4 nitrogen and oxygen atoms in total. The summed E-state index contributed by atoms with van der Waals surface area (Å²) in [6, 6.07) is 5.03. The first-order valence-corrected chi connectivity index (χ1v) is 4.51. The fraction of sp³-hybridized carbons (Fsp3) is 0.182. The van der Waals surface area contributed by atoms with Crippen LogP contribution < -0.4 is 4.89 Å². The molecule has 0 atom stereocenters. The molecule has 0 fully saturated rings. The van der Waals surface area contributed by atoms with E-state index >= 15 is 0 Å². The van der Waals surface area contributed by atoms with Crippen molar-refractivity contribution in [3.63, 3.8) is 0 Å². The van der Waals surface area contributed by atoms with Crippen molar-refractivity contribution < 1.29 is 19.3 Å². The van der Waals surface area contributed by atoms with E-state index in [1.54, 1.807) is 18.2 Å². The highest BCUT2D eigenvalue weighted by Gasteiger charge is 2.16. The van der Waals surface area contributed by atoms with Crippen molar-refractivity contribution in [3.05, 3.63) is 42.0 Å². The van der Waals surface area contributed by atoms with Crippen molar-refractivity contribution in [3.8, 4) is 5.75 Å². The van der Waals surface area contributed by atoms with Crippen LogP contribution in [0.15, 0.2) is 30.9 Å². The van der Waals surface area contributed by atoms with Gasteiger partial charge in [-0.15, -0.1) is 0 Å². The highest BCUT2D eigenvalue weighted by molar-refractivity contribution is 5.90. The molecule has 0 aromatic heterocycles. The summed E-state index contributed by atoms with van der Waals surface area (Å²) in [5.41, 5.74) is 1.34. The van der Waals surface area contributed by atoms with Crippen molar-refractivity contribution >= 4 is 5.97 Å². The number of carbonyl (C=O) groups excluding carboxylic acids is 1. The van der Waals surface area contributed by atoms with E-state index in [4.69, 9.17) is 14.5 Å². The van der Waals surface area contributed by atoms with E-state index in [1.807, 2.05) is 0 Å². The van der Waals surface area contributed by atoms with Gasteiger partial charge in [-0.2, -0.15) is 4.89 Å². The number of benzene rings is 1. The van der Waals surface area contributed by atoms with Crippen molar-refractivity contribution in [2.45, 2.75) is 6.61 Å². The van der Waals surface area contributed by atoms with Crippen LogP contribution in [0.25, 0.3) is 0 Å². The molecule has 0 saturated heterocycles. The number of hydrogen-bond acceptors (Lipinski definition) is 4. The molecule has 4 heteroatoms. The minimum Gasteiger partial charge on any atom is -0.458 e. The largest absolute Gasteiger partial charge is 0.458 e. The molecular weight excluding hydrogens is 196 g/mol. The lowest BCUT2D eigenvalue weighted by atomic mass is 10.1. The lowest BCUT2D eigenvalue weighted by molar-refractivity contribution is -0.194. The zero-order chi connectivity index (χ0) is 10.7. The fourth-order valence-electron chi connectivity index (χ4n) is 1.27. The molecule has 1 aliphatic rings. The molecule has 15 heavy (non-hydrogen) atoms. The third kappa shape index (κ3) is 1.99. The number of esters is 1. The lowest BCUT2D eigenvalue weighted by Gasteiger charge is -2.02. The summed E-state index contributed by atoms with van der Waals surface area (Å²) in [4.78, 5) is 21.1. The first kappa shape index (κ1) is 9.73. The molecule has 0 bridgehead atoms. The molecule has 1 aromatic carbocycles. The van der Waals surface area contributed by atoms with Gasteiger partial charge in [0, 0.05) is 5.56 Å². The Labute approximate surface area is 87.0 Å². The number of rotatable bonds is 3. The van der Waals surface area contributed by atoms with Gasteiger partial charge >= 0.3 is 5.97 Å². The van der Waals surface area contributed by atoms with Crippen LogP contribution in [0.4, 0.5) is 0 Å². The van der Waals surface area contributed by atoms with Crippen LogP contribution in [0, 0.1) is 0 Å². The standard InChI is InChI=1S/C11H10O4/c1-2-5-13-11(12)8-3-4-10-9(6-8)7-14-15-10/h2-4,6H,1,5,7H2. The van der Waals surface area contributed by atoms with Gasteiger partial charge in [-0.3, -0.25) is 0 Å². The topological polar surface area (TPSA) is 44.8 Å². The van der Waals surface area contributed by atoms with Gasteiger partial charge < -0.3 is 9.62 Å². The van der Waals surface area contributed by atoms with Gasteiger partial charge in [0.25, 0.3) is 0 Å². The first-order chi connectivity index (χ1) is 7.31. The van der Waals surface area contributed by atoms with Gasteiger partial charge in [-0.05, 0) is 18.2 Å². The Kier molecular flexibility index (Phi) is 2.69. The van der Waals surface area contributed by atoms with Crippen LogP contribution in [0.5, 0.6) is 5.75 Å². The molecule has 0 N–H and O–H groups in total. The maximum absolute atomic E-state index is 11.5. The Morgan fingerprint density at radius 2 is 2.47 bits per heavy atom. The minimum atomic E-state index is -0.371. The van der Waals surface area contributed by atoms with Gasteiger partial charge in [-0.1, -0.05) is 12.7 Å². The molecule has 2 rings (SSSR count). The second kappa shape index (κ2) is 4.14. The average Bonchev–Trinajstić information content (AvgIpc) is 2.72. The lowest BCUT2D eigenvalue weighted by Crippen LogP contribution is -2.05. The number of ether oxygens (including phenoxy) is 1. The summed E-state index contributed by atoms with van der Waals surface area (Å²) in [5, 5.41) is 0. The SMILES string of the molecule is C=CCOC(=O)c1ccc2c(c1)COO2. The predicted octanol–water partition coefficient (Wildman–Crippen LogP) is 1.85. The van der Waals surface area contributed by atoms with Gasteiger partial charge in [0.05, 0.1) is 5.56 Å². The van der Waals surface area contributed by atoms with E-state index in [0.29, 0.717) is 17.9 Å². The Balaban J connectivity index is 2.15. The Bertz CT molecular complexity index is 398. The molecule has 0 saturated carbocycles. The molecule has 1 aliphatic heterocycles. The molecular formula is C11H10O4. The molecule has 1 aromatic rings. The van der Waals surface area contributed by atoms with Crippen LogP contribution in [-0.4, -0.2) is 12.6 Å². The van der Waals surface area contributed by atoms with E-state index in [2.05, 4.69) is 6.58 Å². The van der Waals surface area contributed by atoms with E-state index in [1.165, 1.54) is 6.08 Å². The summed E-state index contributed by atoms with van der Waals surface area (Å²) >= 11 is 0. The van der Waals surface area contributed by atoms with Crippen LogP contribution >= 0.6 is 0 Å². The first-order valence-electron chi connectivity index (χ1n) is 4.51. The second-order valence-electron chi connectivity index (χ2n) is 3.06. The summed E-state index contributed by atoms with van der Waals surface area (Å²) in [5.74, 6) is 0.278. The zero-order valence-corrected chi connectivity index (χ0v) is 8.06. The van der Waals surface area contributed by atoms with Crippen molar-refractivity contribution in [2.24, 2.45) is 0 Å². The summed E-state index contributed by atoms with van der Waals surface area (Å²) in [7, 11) is 0. The maximum Gasteiger partial charge on any atom is 0.338 e. The molecule has 0 unspecified atom stereocenters. The average molecular weight is 206 g/mol. The van der Waals surface area contributed by atoms with Gasteiger partial charge in [0.1, 0.15) is 13.2 Å². The Hall–Kier alpha value is -1.81. The van der Waals surface area contributed by atoms with Crippen LogP contribution in [0.2, 0.25) is 0 Å². The van der Waals surface area contributed by atoms with E-state index in [-0.39, 0.29) is 12.6 Å². The molecule has 0 radical (unpaired) electrons. The predicted molar refractivity (Wildman–Crippen MR) is 52.3 cm³/mol. The zero-order valence-electron chi connectivity index (χ0n) is 8.06. The number of hydrogen-bond donors (Lipinski definition) is 0. The molecule has 0 spiro atoms. The molecule has 78 valence electrons. The highest BCUT2D eigenvalue weighted by atomic mass is 17.2. The summed E-state index contributed by atoms with van der Waals surface area (Å²) in [6.45, 7) is 4.04. The van der Waals surface area contributed by atoms with Crippen molar-refractivity contribution in [1.29, 1.82) is 0 Å². The number of fused-ring (bicyclic) bond motifs is 1. The Morgan fingerprint density at radius 1 is 1.60 bits per heavy atom. The number of carbonyl (C=O) groups is 1. The summed E-state index contributed by atoms with van der Waals surface area (Å²) in [6.07, 6.45) is 1.53. The van der Waals surface area contributed by atoms with E-state index in [9.17, 15) is 4.79 Å². The second-order valence-corrected chi connectivity index (χ2v) is 3.06. The van der Waals surface area contributed by atoms with Crippen LogP contribution in [-0.2, 0) is 16.2 Å². The van der Waals surface area contributed by atoms with Crippen molar-refractivity contribution in [2.75, 3.05) is 6.61 Å². The third-order valence-corrected chi connectivity index (χ3v) is 1.99. The van der Waals surface area contributed by atoms with E-state index < -0.39 is 0 Å². The van der Waals surface area contributed by atoms with Crippen molar-refractivity contribution in [1.82, 2.24) is 0 Å². The fourth-order valence-corrected chi connectivity index (χ4v) is 1.27. The molecule has 1 heterocycles. The summed E-state index contributed by atoms with van der Waals surface area (Å²) < 4.78 is 4.90. The van der Waals surface area contributed by atoms with Gasteiger partial charge in [-0.25, -0.2) is 4.79 Å². The van der Waals surface area contributed by atoms with Gasteiger partial charge in [0.15, 0.2) is 5.75 Å². The van der Waals surface area contributed by atoms with E-state index in [0.717, 1.165) is 5.56 Å². The monoisotopic (exact) mass is 206 g/mol. The molecule has 0 amide bonds. The Morgan fingerprint density at radius 3 is 3.27 bits per heavy atom. The minimum absolute atomic E-state index is 0.211. The maximum atomic E-state index is 11.5. The third-order valence-electron chi connectivity index (χ3n) is 1.99. The van der Waals surface area contributed by atoms with Crippen LogP contribution in [0.1, 0.15) is 15.9 Å².